The second-order valence-corrected chi connectivity index (χ2v) is 9.09. The van der Waals surface area contributed by atoms with Gasteiger partial charge in [0, 0.05) is 17.6 Å². The fraction of sp³-hybridized carbons (Fsp3) is 0.429. The summed E-state index contributed by atoms with van der Waals surface area (Å²) in [6.07, 6.45) is -3.79. The lowest BCUT2D eigenvalue weighted by molar-refractivity contribution is -0.0379. The Bertz CT molecular complexity index is 956. The van der Waals surface area contributed by atoms with Gasteiger partial charge in [0.25, 0.3) is 0 Å². The molecule has 2 aromatic rings. The summed E-state index contributed by atoms with van der Waals surface area (Å²) in [5.74, 6) is 0.00911. The van der Waals surface area contributed by atoms with Crippen LogP contribution in [0.5, 0.6) is 0 Å². The number of ether oxygens (including phenoxy) is 1. The van der Waals surface area contributed by atoms with Crippen molar-refractivity contribution >= 4 is 27.2 Å². The summed E-state index contributed by atoms with van der Waals surface area (Å²) < 4.78 is 33.5. The van der Waals surface area contributed by atoms with Crippen molar-refractivity contribution in [3.05, 3.63) is 39.8 Å². The van der Waals surface area contributed by atoms with E-state index in [9.17, 15) is 23.4 Å². The number of hydrogen-bond donors (Lipinski definition) is 4. The van der Waals surface area contributed by atoms with Gasteiger partial charge in [0.05, 0.1) is 0 Å². The highest BCUT2D eigenvalue weighted by Crippen LogP contribution is 2.28. The van der Waals surface area contributed by atoms with Crippen molar-refractivity contribution in [2.75, 3.05) is 12.3 Å². The topological polar surface area (TPSA) is 157 Å². The predicted octanol–water partition coefficient (Wildman–Crippen LogP) is -1.21. The second kappa shape index (κ2) is 7.06. The molecule has 10 nitrogen and oxygen atoms in total. The molecule has 12 heteroatoms. The number of rotatable bonds is 5. The van der Waals surface area contributed by atoms with Crippen LogP contribution in [0.15, 0.2) is 33.4 Å². The van der Waals surface area contributed by atoms with E-state index in [-0.39, 0.29) is 16.6 Å². The molecule has 0 aromatic carbocycles. The summed E-state index contributed by atoms with van der Waals surface area (Å²) in [5, 5.41) is 20.3. The van der Waals surface area contributed by atoms with E-state index in [1.54, 1.807) is 13.0 Å². The molecule has 5 N–H and O–H groups in total. The maximum absolute atomic E-state index is 12.3. The Morgan fingerprint density at radius 3 is 2.69 bits per heavy atom. The zero-order valence-electron chi connectivity index (χ0n) is 13.6. The van der Waals surface area contributed by atoms with Gasteiger partial charge in [0.15, 0.2) is 6.23 Å². The lowest BCUT2D eigenvalue weighted by Gasteiger charge is -2.17. The number of aliphatic hydroxyl groups is 2. The lowest BCUT2D eigenvalue weighted by Crippen LogP contribution is -2.39. The minimum atomic E-state index is -3.77. The molecule has 26 heavy (non-hydrogen) atoms. The average molecular weight is 402 g/mol. The zero-order chi connectivity index (χ0) is 19.1. The highest BCUT2D eigenvalue weighted by molar-refractivity contribution is 7.91. The van der Waals surface area contributed by atoms with Crippen molar-refractivity contribution in [2.24, 2.45) is 0 Å². The van der Waals surface area contributed by atoms with Crippen LogP contribution in [-0.4, -0.2) is 53.0 Å². The van der Waals surface area contributed by atoms with E-state index >= 15 is 0 Å². The summed E-state index contributed by atoms with van der Waals surface area (Å²) >= 11 is 1.11. The average Bonchev–Trinajstić information content (AvgIpc) is 3.12. The Hall–Kier alpha value is -1.83. The molecule has 0 unspecified atom stereocenters. The van der Waals surface area contributed by atoms with Crippen molar-refractivity contribution in [3.63, 3.8) is 0 Å². The molecule has 3 rings (SSSR count). The predicted molar refractivity (Wildman–Crippen MR) is 93.1 cm³/mol. The van der Waals surface area contributed by atoms with Gasteiger partial charge >= 0.3 is 5.69 Å². The summed E-state index contributed by atoms with van der Waals surface area (Å²) in [7, 11) is -3.77. The fourth-order valence-electron chi connectivity index (χ4n) is 2.57. The number of sulfonamides is 1. The summed E-state index contributed by atoms with van der Waals surface area (Å²) in [4.78, 5) is 16.3. The van der Waals surface area contributed by atoms with Crippen LogP contribution in [0, 0.1) is 6.92 Å². The molecule has 0 spiro atoms. The molecule has 3 heterocycles. The molecular weight excluding hydrogens is 384 g/mol. The van der Waals surface area contributed by atoms with E-state index in [0.29, 0.717) is 0 Å². The van der Waals surface area contributed by atoms with E-state index in [4.69, 9.17) is 10.5 Å². The van der Waals surface area contributed by atoms with Gasteiger partial charge in [-0.05, 0) is 25.1 Å². The maximum Gasteiger partial charge on any atom is 0.351 e. The van der Waals surface area contributed by atoms with Crippen molar-refractivity contribution < 1.29 is 23.4 Å². The number of nitrogen functional groups attached to an aromatic ring is 1. The molecule has 0 amide bonds. The number of aromatic nitrogens is 2. The van der Waals surface area contributed by atoms with Crippen molar-refractivity contribution in [1.29, 1.82) is 0 Å². The Kier molecular flexibility index (Phi) is 5.14. The van der Waals surface area contributed by atoms with Crippen molar-refractivity contribution in [2.45, 2.75) is 35.7 Å². The van der Waals surface area contributed by atoms with Crippen molar-refractivity contribution in [3.8, 4) is 0 Å². The minimum Gasteiger partial charge on any atom is -0.387 e. The van der Waals surface area contributed by atoms with Crippen molar-refractivity contribution in [1.82, 2.24) is 14.3 Å². The molecule has 0 bridgehead atoms. The minimum absolute atomic E-state index is 0.00911. The van der Waals surface area contributed by atoms with Crippen LogP contribution in [0.4, 0.5) is 5.82 Å². The van der Waals surface area contributed by atoms with E-state index in [0.717, 1.165) is 20.8 Å². The van der Waals surface area contributed by atoms with E-state index in [1.165, 1.54) is 18.3 Å². The molecule has 0 radical (unpaired) electrons. The van der Waals surface area contributed by atoms with Crippen LogP contribution in [0.2, 0.25) is 0 Å². The molecular formula is C14H18N4O6S2. The van der Waals surface area contributed by atoms with Gasteiger partial charge in [0.2, 0.25) is 10.0 Å². The Labute approximate surface area is 152 Å². The van der Waals surface area contributed by atoms with Crippen LogP contribution in [0.3, 0.4) is 0 Å². The number of nitrogens with zero attached hydrogens (tertiary/aromatic N) is 2. The quantitative estimate of drug-likeness (QED) is 0.485. The molecule has 0 saturated carbocycles. The highest BCUT2D eigenvalue weighted by Gasteiger charge is 2.44. The van der Waals surface area contributed by atoms with Crippen LogP contribution < -0.4 is 16.1 Å². The van der Waals surface area contributed by atoms with Crippen LogP contribution in [-0.2, 0) is 14.8 Å². The first kappa shape index (κ1) is 18.9. The van der Waals surface area contributed by atoms with E-state index in [2.05, 4.69) is 9.71 Å². The SMILES string of the molecule is Cc1ccc(S(=O)(=O)NC[C@H]2O[C@@H](n3ccc(N)nc3=O)[C@H](O)[C@@H]2O)s1. The number of aliphatic hydroxyl groups excluding tert-OH is 2. The standard InChI is InChI=1S/C14H18N4O6S2/c1-7-2-3-10(25-7)26(22,23)16-6-8-11(19)12(20)13(24-8)18-5-4-9(15)17-14(18)21/h2-5,8,11-13,16,19-20H,6H2,1H3,(H2,15,17,21)/t8-,11-,12-,13-/m1/s1. The van der Waals surface area contributed by atoms with Crippen LogP contribution in [0.1, 0.15) is 11.1 Å². The maximum atomic E-state index is 12.3. The summed E-state index contributed by atoms with van der Waals surface area (Å²) in [5.41, 5.74) is 4.66. The molecule has 4 atom stereocenters. The molecule has 142 valence electrons. The Morgan fingerprint density at radius 1 is 1.35 bits per heavy atom. The van der Waals surface area contributed by atoms with Gasteiger partial charge in [0.1, 0.15) is 28.3 Å². The van der Waals surface area contributed by atoms with Gasteiger partial charge in [-0.2, -0.15) is 4.98 Å². The smallest absolute Gasteiger partial charge is 0.351 e. The monoisotopic (exact) mass is 402 g/mol. The number of hydrogen-bond acceptors (Lipinski definition) is 9. The van der Waals surface area contributed by atoms with E-state index < -0.39 is 40.3 Å². The number of aryl methyl sites for hydroxylation is 1. The summed E-state index contributed by atoms with van der Waals surface area (Å²) in [6, 6.07) is 4.50. The molecule has 0 aliphatic carbocycles. The van der Waals surface area contributed by atoms with Gasteiger partial charge in [-0.3, -0.25) is 4.57 Å². The van der Waals surface area contributed by atoms with E-state index in [1.807, 2.05) is 0 Å². The number of thiophene rings is 1. The molecule has 1 aliphatic heterocycles. The molecule has 1 aliphatic rings. The first-order valence-electron chi connectivity index (χ1n) is 7.61. The number of nitrogens with one attached hydrogen (secondary N) is 1. The van der Waals surface area contributed by atoms with Gasteiger partial charge < -0.3 is 20.7 Å². The Balaban J connectivity index is 1.73. The first-order valence-corrected chi connectivity index (χ1v) is 9.91. The van der Waals surface area contributed by atoms with Gasteiger partial charge in [-0.15, -0.1) is 11.3 Å². The fourth-order valence-corrected chi connectivity index (χ4v) is 4.94. The van der Waals surface area contributed by atoms with Gasteiger partial charge in [-0.1, -0.05) is 0 Å². The summed E-state index contributed by atoms with van der Waals surface area (Å²) in [6.45, 7) is 1.51. The first-order chi connectivity index (χ1) is 12.2. The number of anilines is 1. The Morgan fingerprint density at radius 2 is 2.08 bits per heavy atom. The number of nitrogens with two attached hydrogens (primary N) is 1. The highest BCUT2D eigenvalue weighted by atomic mass is 32.2. The third kappa shape index (κ3) is 3.65. The van der Waals surface area contributed by atoms with Crippen LogP contribution in [0.25, 0.3) is 0 Å². The normalized spacial score (nSPS) is 26.3. The van der Waals surface area contributed by atoms with Gasteiger partial charge in [-0.25, -0.2) is 17.9 Å². The molecule has 1 fully saturated rings. The molecule has 1 saturated heterocycles. The second-order valence-electron chi connectivity index (χ2n) is 5.81. The third-order valence-electron chi connectivity index (χ3n) is 3.92. The zero-order valence-corrected chi connectivity index (χ0v) is 15.3. The lowest BCUT2D eigenvalue weighted by atomic mass is 10.1. The molecule has 2 aromatic heterocycles. The van der Waals surface area contributed by atoms with Crippen LogP contribution >= 0.6 is 11.3 Å². The largest absolute Gasteiger partial charge is 0.387 e. The third-order valence-corrected chi connectivity index (χ3v) is 6.83.